The van der Waals surface area contributed by atoms with E-state index in [2.05, 4.69) is 27.2 Å². The van der Waals surface area contributed by atoms with Crippen LogP contribution in [0.15, 0.2) is 18.7 Å². The molecule has 0 saturated heterocycles. The van der Waals surface area contributed by atoms with Gasteiger partial charge < -0.3 is 5.32 Å². The van der Waals surface area contributed by atoms with E-state index >= 15 is 0 Å². The maximum absolute atomic E-state index is 4.40. The van der Waals surface area contributed by atoms with Gasteiger partial charge in [-0.1, -0.05) is 6.92 Å². The Bertz CT molecular complexity index is 486. The average molecular weight is 231 g/mol. The summed E-state index contributed by atoms with van der Waals surface area (Å²) < 4.78 is 1.94. The van der Waals surface area contributed by atoms with Gasteiger partial charge in [-0.25, -0.2) is 9.97 Å². The Hall–Kier alpha value is -1.75. The van der Waals surface area contributed by atoms with Crippen molar-refractivity contribution in [3.05, 3.63) is 35.8 Å². The summed E-state index contributed by atoms with van der Waals surface area (Å²) >= 11 is 0. The van der Waals surface area contributed by atoms with Gasteiger partial charge in [0.15, 0.2) is 5.82 Å². The number of aryl methyl sites for hydroxylation is 1. The van der Waals surface area contributed by atoms with Crippen LogP contribution in [0.25, 0.3) is 5.82 Å². The van der Waals surface area contributed by atoms with Gasteiger partial charge in [-0.3, -0.25) is 9.55 Å². The summed E-state index contributed by atoms with van der Waals surface area (Å²) in [6, 6.07) is 0. The lowest BCUT2D eigenvalue weighted by molar-refractivity contribution is 0.705. The van der Waals surface area contributed by atoms with Gasteiger partial charge in [-0.05, 0) is 20.4 Å². The van der Waals surface area contributed by atoms with Crippen LogP contribution in [-0.2, 0) is 6.54 Å². The third kappa shape index (κ3) is 2.50. The van der Waals surface area contributed by atoms with Crippen molar-refractivity contribution in [1.82, 2.24) is 24.8 Å². The molecule has 5 nitrogen and oxygen atoms in total. The van der Waals surface area contributed by atoms with Gasteiger partial charge in [0.2, 0.25) is 0 Å². The second-order valence-electron chi connectivity index (χ2n) is 3.93. The summed E-state index contributed by atoms with van der Waals surface area (Å²) in [4.78, 5) is 13.0. The van der Waals surface area contributed by atoms with E-state index in [-0.39, 0.29) is 0 Å². The number of hydrogen-bond donors (Lipinski definition) is 1. The highest BCUT2D eigenvalue weighted by Gasteiger charge is 2.05. The van der Waals surface area contributed by atoms with E-state index in [0.29, 0.717) is 0 Å². The summed E-state index contributed by atoms with van der Waals surface area (Å²) in [5, 5.41) is 3.22. The van der Waals surface area contributed by atoms with Crippen molar-refractivity contribution in [2.24, 2.45) is 0 Å². The van der Waals surface area contributed by atoms with E-state index in [1.165, 1.54) is 0 Å². The van der Waals surface area contributed by atoms with E-state index < -0.39 is 0 Å². The fourth-order valence-electron chi connectivity index (χ4n) is 1.55. The SMILES string of the molecule is CCNCc1cnc(-n2cnc(C)c2C)cn1. The average Bonchev–Trinajstić information content (AvgIpc) is 2.68. The zero-order valence-corrected chi connectivity index (χ0v) is 10.4. The Morgan fingerprint density at radius 3 is 2.53 bits per heavy atom. The minimum Gasteiger partial charge on any atom is -0.311 e. The molecule has 2 heterocycles. The van der Waals surface area contributed by atoms with E-state index in [0.717, 1.165) is 36.0 Å². The molecule has 0 fully saturated rings. The number of aromatic nitrogens is 4. The molecule has 0 saturated carbocycles. The Balaban J connectivity index is 2.20. The van der Waals surface area contributed by atoms with Crippen molar-refractivity contribution in [2.75, 3.05) is 6.54 Å². The van der Waals surface area contributed by atoms with E-state index in [1.54, 1.807) is 18.7 Å². The van der Waals surface area contributed by atoms with E-state index in [4.69, 9.17) is 0 Å². The smallest absolute Gasteiger partial charge is 0.156 e. The van der Waals surface area contributed by atoms with Crippen LogP contribution in [0.2, 0.25) is 0 Å². The molecule has 1 N–H and O–H groups in total. The molecule has 2 aromatic rings. The van der Waals surface area contributed by atoms with Crippen molar-refractivity contribution < 1.29 is 0 Å². The van der Waals surface area contributed by atoms with Gasteiger partial charge in [0.05, 0.1) is 23.8 Å². The minimum absolute atomic E-state index is 0.756. The molecule has 0 unspecified atom stereocenters. The van der Waals surface area contributed by atoms with Gasteiger partial charge in [-0.2, -0.15) is 0 Å². The second-order valence-corrected chi connectivity index (χ2v) is 3.93. The first-order valence-corrected chi connectivity index (χ1v) is 5.75. The number of hydrogen-bond acceptors (Lipinski definition) is 4. The zero-order valence-electron chi connectivity index (χ0n) is 10.4. The maximum atomic E-state index is 4.40. The lowest BCUT2D eigenvalue weighted by Crippen LogP contribution is -2.13. The molecule has 0 aliphatic rings. The lowest BCUT2D eigenvalue weighted by Gasteiger charge is -2.05. The minimum atomic E-state index is 0.756. The Morgan fingerprint density at radius 1 is 1.18 bits per heavy atom. The molecular formula is C12H17N5. The summed E-state index contributed by atoms with van der Waals surface area (Å²) in [5.41, 5.74) is 3.06. The molecular weight excluding hydrogens is 214 g/mol. The molecule has 5 heteroatoms. The van der Waals surface area contributed by atoms with Crippen molar-refractivity contribution in [3.8, 4) is 5.82 Å². The fraction of sp³-hybridized carbons (Fsp3) is 0.417. The first-order chi connectivity index (χ1) is 8.22. The molecule has 2 aromatic heterocycles. The van der Waals surface area contributed by atoms with Crippen LogP contribution < -0.4 is 5.32 Å². The van der Waals surface area contributed by atoms with Crippen LogP contribution in [0.5, 0.6) is 0 Å². The lowest BCUT2D eigenvalue weighted by atomic mass is 10.4. The van der Waals surface area contributed by atoms with Crippen LogP contribution in [-0.4, -0.2) is 26.1 Å². The largest absolute Gasteiger partial charge is 0.311 e. The highest BCUT2D eigenvalue weighted by atomic mass is 15.1. The van der Waals surface area contributed by atoms with E-state index in [9.17, 15) is 0 Å². The molecule has 0 amide bonds. The zero-order chi connectivity index (χ0) is 12.3. The number of nitrogens with one attached hydrogen (secondary N) is 1. The van der Waals surface area contributed by atoms with Crippen LogP contribution in [0, 0.1) is 13.8 Å². The van der Waals surface area contributed by atoms with Crippen molar-refractivity contribution in [2.45, 2.75) is 27.3 Å². The Morgan fingerprint density at radius 2 is 2.00 bits per heavy atom. The van der Waals surface area contributed by atoms with Crippen molar-refractivity contribution >= 4 is 0 Å². The number of rotatable bonds is 4. The quantitative estimate of drug-likeness (QED) is 0.864. The van der Waals surface area contributed by atoms with Gasteiger partial charge >= 0.3 is 0 Å². The van der Waals surface area contributed by atoms with E-state index in [1.807, 2.05) is 18.4 Å². The molecule has 0 bridgehead atoms. The highest BCUT2D eigenvalue weighted by molar-refractivity contribution is 5.25. The monoisotopic (exact) mass is 231 g/mol. The normalized spacial score (nSPS) is 10.8. The molecule has 0 aromatic carbocycles. The molecule has 2 rings (SSSR count). The van der Waals surface area contributed by atoms with Crippen LogP contribution in [0.1, 0.15) is 24.0 Å². The van der Waals surface area contributed by atoms with Crippen molar-refractivity contribution in [3.63, 3.8) is 0 Å². The Kier molecular flexibility index (Phi) is 3.49. The van der Waals surface area contributed by atoms with Crippen LogP contribution in [0.3, 0.4) is 0 Å². The molecule has 0 atom stereocenters. The summed E-state index contributed by atoms with van der Waals surface area (Å²) in [7, 11) is 0. The first-order valence-electron chi connectivity index (χ1n) is 5.75. The van der Waals surface area contributed by atoms with Gasteiger partial charge in [0, 0.05) is 12.2 Å². The summed E-state index contributed by atoms with van der Waals surface area (Å²) in [6.07, 6.45) is 5.35. The van der Waals surface area contributed by atoms with Crippen LogP contribution in [0.4, 0.5) is 0 Å². The molecule has 0 radical (unpaired) electrons. The second kappa shape index (κ2) is 5.05. The van der Waals surface area contributed by atoms with Gasteiger partial charge in [-0.15, -0.1) is 0 Å². The standard InChI is InChI=1S/C12H17N5/c1-4-13-5-11-6-15-12(7-14-11)17-8-16-9(2)10(17)3/h6-8,13H,4-5H2,1-3H3. The molecule has 0 aliphatic heterocycles. The first kappa shape index (κ1) is 11.7. The van der Waals surface area contributed by atoms with Crippen LogP contribution >= 0.6 is 0 Å². The predicted molar refractivity (Wildman–Crippen MR) is 66.0 cm³/mol. The molecule has 0 spiro atoms. The topological polar surface area (TPSA) is 55.6 Å². The predicted octanol–water partition coefficient (Wildman–Crippen LogP) is 1.39. The Labute approximate surface area is 101 Å². The van der Waals surface area contributed by atoms with Gasteiger partial charge in [0.1, 0.15) is 6.33 Å². The third-order valence-corrected chi connectivity index (χ3v) is 2.75. The van der Waals surface area contributed by atoms with Gasteiger partial charge in [0.25, 0.3) is 0 Å². The number of nitrogens with zero attached hydrogens (tertiary/aromatic N) is 4. The van der Waals surface area contributed by atoms with Crippen molar-refractivity contribution in [1.29, 1.82) is 0 Å². The fourth-order valence-corrected chi connectivity index (χ4v) is 1.55. The molecule has 17 heavy (non-hydrogen) atoms. The summed E-state index contributed by atoms with van der Waals surface area (Å²) in [6.45, 7) is 7.77. The highest BCUT2D eigenvalue weighted by Crippen LogP contribution is 2.10. The third-order valence-electron chi connectivity index (χ3n) is 2.75. The molecule has 90 valence electrons. The molecule has 0 aliphatic carbocycles. The maximum Gasteiger partial charge on any atom is 0.156 e. The number of imidazole rings is 1. The summed E-state index contributed by atoms with van der Waals surface area (Å²) in [5.74, 6) is 0.809.